The molecule has 8 nitrogen and oxygen atoms in total. The number of hydrogen-bond acceptors (Lipinski definition) is 6. The van der Waals surface area contributed by atoms with Gasteiger partial charge in [0.05, 0.1) is 19.9 Å². The van der Waals surface area contributed by atoms with Crippen LogP contribution in [0.15, 0.2) is 64.2 Å². The van der Waals surface area contributed by atoms with Crippen molar-refractivity contribution < 1.29 is 23.8 Å². The molecule has 2 N–H and O–H groups in total. The standard InChI is InChI=1S/C26H25BrClN3O5/c1-4-35-23-9-6-17(12-24(23)34-3)26(33)31-29-14-18-11-19(27)7-10-22(18)36-15-25(32)30-20-8-5-16(2)21(28)13-20/h5-14H,4,15H2,1-3H3,(H,30,32)(H,31,33)/b29-14+. The number of anilines is 1. The molecule has 0 aromatic heterocycles. The van der Waals surface area contributed by atoms with Gasteiger partial charge >= 0.3 is 0 Å². The third kappa shape index (κ3) is 7.47. The second kappa shape index (κ2) is 12.9. The first-order valence-electron chi connectivity index (χ1n) is 10.9. The van der Waals surface area contributed by atoms with E-state index in [0.717, 1.165) is 10.0 Å². The van der Waals surface area contributed by atoms with Crippen molar-refractivity contribution >= 4 is 51.2 Å². The normalized spacial score (nSPS) is 10.7. The van der Waals surface area contributed by atoms with Gasteiger partial charge < -0.3 is 19.5 Å². The minimum Gasteiger partial charge on any atom is -0.493 e. The van der Waals surface area contributed by atoms with Crippen LogP contribution in [0.5, 0.6) is 17.2 Å². The van der Waals surface area contributed by atoms with Gasteiger partial charge in [-0.15, -0.1) is 0 Å². The molecule has 0 radical (unpaired) electrons. The molecule has 10 heteroatoms. The number of nitrogens with one attached hydrogen (secondary N) is 2. The largest absolute Gasteiger partial charge is 0.493 e. The molecule has 0 saturated heterocycles. The molecule has 0 aliphatic carbocycles. The zero-order chi connectivity index (χ0) is 26.1. The van der Waals surface area contributed by atoms with Crippen molar-refractivity contribution in [3.63, 3.8) is 0 Å². The Morgan fingerprint density at radius 1 is 1.03 bits per heavy atom. The molecule has 0 atom stereocenters. The number of carbonyl (C=O) groups is 2. The number of ether oxygens (including phenoxy) is 3. The Kier molecular flexibility index (Phi) is 9.72. The molecule has 0 saturated carbocycles. The number of rotatable bonds is 10. The lowest BCUT2D eigenvalue weighted by atomic mass is 10.2. The van der Waals surface area contributed by atoms with Gasteiger partial charge in [0, 0.05) is 26.3 Å². The smallest absolute Gasteiger partial charge is 0.271 e. The summed E-state index contributed by atoms with van der Waals surface area (Å²) in [7, 11) is 1.50. The maximum absolute atomic E-state index is 12.5. The Bertz CT molecular complexity index is 1280. The van der Waals surface area contributed by atoms with Gasteiger partial charge in [-0.1, -0.05) is 33.6 Å². The Labute approximate surface area is 222 Å². The number of aryl methyl sites for hydroxylation is 1. The lowest BCUT2D eigenvalue weighted by molar-refractivity contribution is -0.118. The Hall–Kier alpha value is -3.56. The van der Waals surface area contributed by atoms with Crippen LogP contribution >= 0.6 is 27.5 Å². The Morgan fingerprint density at radius 3 is 2.53 bits per heavy atom. The molecule has 2 amide bonds. The van der Waals surface area contributed by atoms with E-state index >= 15 is 0 Å². The number of hydrazone groups is 1. The molecular weight excluding hydrogens is 550 g/mol. The van der Waals surface area contributed by atoms with E-state index in [-0.39, 0.29) is 12.5 Å². The van der Waals surface area contributed by atoms with Gasteiger partial charge in [0.2, 0.25) is 0 Å². The van der Waals surface area contributed by atoms with Crippen LogP contribution in [-0.4, -0.2) is 38.4 Å². The second-order valence-electron chi connectivity index (χ2n) is 7.48. The predicted octanol–water partition coefficient (Wildman–Crippen LogP) is 5.60. The van der Waals surface area contributed by atoms with Crippen molar-refractivity contribution in [2.24, 2.45) is 5.10 Å². The number of halogens is 2. The molecule has 0 spiro atoms. The highest BCUT2D eigenvalue weighted by atomic mass is 79.9. The molecule has 0 heterocycles. The van der Waals surface area contributed by atoms with Gasteiger partial charge in [0.15, 0.2) is 18.1 Å². The molecule has 36 heavy (non-hydrogen) atoms. The average Bonchev–Trinajstić information content (AvgIpc) is 2.86. The minimum absolute atomic E-state index is 0.230. The van der Waals surface area contributed by atoms with E-state index < -0.39 is 5.91 Å². The average molecular weight is 575 g/mol. The monoisotopic (exact) mass is 573 g/mol. The quantitative estimate of drug-likeness (QED) is 0.243. The van der Waals surface area contributed by atoms with Crippen LogP contribution in [0.3, 0.4) is 0 Å². The van der Waals surface area contributed by atoms with E-state index in [9.17, 15) is 9.59 Å². The molecule has 0 aliphatic rings. The number of nitrogens with zero attached hydrogens (tertiary/aromatic N) is 1. The van der Waals surface area contributed by atoms with Crippen molar-refractivity contribution in [2.75, 3.05) is 25.6 Å². The van der Waals surface area contributed by atoms with Crippen LogP contribution < -0.4 is 25.0 Å². The number of carbonyl (C=O) groups excluding carboxylic acids is 2. The van der Waals surface area contributed by atoms with E-state index in [1.165, 1.54) is 13.3 Å². The van der Waals surface area contributed by atoms with E-state index in [0.29, 0.717) is 45.7 Å². The summed E-state index contributed by atoms with van der Waals surface area (Å²) in [6, 6.07) is 15.3. The van der Waals surface area contributed by atoms with Crippen LogP contribution in [0.1, 0.15) is 28.4 Å². The van der Waals surface area contributed by atoms with Crippen LogP contribution in [0.2, 0.25) is 5.02 Å². The van der Waals surface area contributed by atoms with E-state index in [1.54, 1.807) is 48.5 Å². The van der Waals surface area contributed by atoms with Gasteiger partial charge in [-0.05, 0) is 67.9 Å². The van der Waals surface area contributed by atoms with Crippen molar-refractivity contribution in [3.05, 3.63) is 80.8 Å². The number of benzene rings is 3. The lowest BCUT2D eigenvalue weighted by Crippen LogP contribution is -2.20. The fraction of sp³-hybridized carbons (Fsp3) is 0.192. The Morgan fingerprint density at radius 2 is 1.81 bits per heavy atom. The number of methoxy groups -OCH3 is 1. The maximum Gasteiger partial charge on any atom is 0.271 e. The van der Waals surface area contributed by atoms with Crippen molar-refractivity contribution in [2.45, 2.75) is 13.8 Å². The topological polar surface area (TPSA) is 98.3 Å². The van der Waals surface area contributed by atoms with Crippen LogP contribution in [0, 0.1) is 6.92 Å². The number of amides is 2. The summed E-state index contributed by atoms with van der Waals surface area (Å²) < 4.78 is 17.2. The van der Waals surface area contributed by atoms with Crippen molar-refractivity contribution in [3.8, 4) is 17.2 Å². The molecule has 0 aliphatic heterocycles. The summed E-state index contributed by atoms with van der Waals surface area (Å²) in [5.74, 6) is 0.628. The predicted molar refractivity (Wildman–Crippen MR) is 144 cm³/mol. The zero-order valence-corrected chi connectivity index (χ0v) is 22.3. The van der Waals surface area contributed by atoms with Gasteiger partial charge in [-0.2, -0.15) is 5.10 Å². The fourth-order valence-electron chi connectivity index (χ4n) is 3.07. The van der Waals surface area contributed by atoms with Crippen molar-refractivity contribution in [1.82, 2.24) is 5.43 Å². The fourth-order valence-corrected chi connectivity index (χ4v) is 3.63. The first-order valence-corrected chi connectivity index (χ1v) is 12.1. The molecular formula is C26H25BrClN3O5. The Balaban J connectivity index is 1.63. The molecule has 3 aromatic rings. The third-order valence-electron chi connectivity index (χ3n) is 4.88. The van der Waals surface area contributed by atoms with Crippen LogP contribution in [0.25, 0.3) is 0 Å². The summed E-state index contributed by atoms with van der Waals surface area (Å²) in [4.78, 5) is 24.9. The number of hydrogen-bond donors (Lipinski definition) is 2. The van der Waals surface area contributed by atoms with E-state index in [4.69, 9.17) is 25.8 Å². The van der Waals surface area contributed by atoms with Crippen molar-refractivity contribution in [1.29, 1.82) is 0 Å². The molecule has 0 bridgehead atoms. The second-order valence-corrected chi connectivity index (χ2v) is 8.80. The van der Waals surface area contributed by atoms with Gasteiger partial charge in [-0.3, -0.25) is 9.59 Å². The SMILES string of the molecule is CCOc1ccc(C(=O)N/N=C/c2cc(Br)ccc2OCC(=O)Nc2ccc(C)c(Cl)c2)cc1OC. The molecule has 188 valence electrons. The highest BCUT2D eigenvalue weighted by Crippen LogP contribution is 2.28. The highest BCUT2D eigenvalue weighted by molar-refractivity contribution is 9.10. The van der Waals surface area contributed by atoms with Gasteiger partial charge in [0.25, 0.3) is 11.8 Å². The summed E-state index contributed by atoms with van der Waals surface area (Å²) in [5, 5.41) is 7.34. The molecule has 3 rings (SSSR count). The summed E-state index contributed by atoms with van der Waals surface area (Å²) in [6.07, 6.45) is 1.43. The zero-order valence-electron chi connectivity index (χ0n) is 19.9. The lowest BCUT2D eigenvalue weighted by Gasteiger charge is -2.11. The van der Waals surface area contributed by atoms with E-state index in [2.05, 4.69) is 31.8 Å². The third-order valence-corrected chi connectivity index (χ3v) is 5.78. The highest BCUT2D eigenvalue weighted by Gasteiger charge is 2.11. The molecule has 0 fully saturated rings. The van der Waals surface area contributed by atoms with Gasteiger partial charge in [0.1, 0.15) is 5.75 Å². The van der Waals surface area contributed by atoms with Crippen LogP contribution in [0.4, 0.5) is 5.69 Å². The maximum atomic E-state index is 12.5. The van der Waals surface area contributed by atoms with Gasteiger partial charge in [-0.25, -0.2) is 5.43 Å². The minimum atomic E-state index is -0.429. The first-order chi connectivity index (χ1) is 17.3. The summed E-state index contributed by atoms with van der Waals surface area (Å²) in [5.41, 5.74) is 4.87. The first kappa shape index (κ1) is 27.0. The van der Waals surface area contributed by atoms with E-state index in [1.807, 2.05) is 19.9 Å². The summed E-state index contributed by atoms with van der Waals surface area (Å²) >= 11 is 9.51. The molecule has 3 aromatic carbocycles. The summed E-state index contributed by atoms with van der Waals surface area (Å²) in [6.45, 7) is 3.99. The van der Waals surface area contributed by atoms with Crippen LogP contribution in [-0.2, 0) is 4.79 Å². The molecule has 0 unspecified atom stereocenters.